The summed E-state index contributed by atoms with van der Waals surface area (Å²) in [6.45, 7) is 5.63. The fourth-order valence-electron chi connectivity index (χ4n) is 2.09. The Morgan fingerprint density at radius 3 is 2.41 bits per heavy atom. The molecule has 1 aliphatic heterocycles. The van der Waals surface area contributed by atoms with Gasteiger partial charge in [-0.05, 0) is 37.5 Å². The molecule has 0 unspecified atom stereocenters. The summed E-state index contributed by atoms with van der Waals surface area (Å²) < 4.78 is 0. The molecule has 0 bridgehead atoms. The number of hydrogen-bond donors (Lipinski definition) is 0. The van der Waals surface area contributed by atoms with E-state index in [9.17, 15) is 4.79 Å². The highest BCUT2D eigenvalue weighted by molar-refractivity contribution is 5.84. The molecule has 1 aromatic carbocycles. The number of nitrogens with zero attached hydrogens (tertiary/aromatic N) is 2. The van der Waals surface area contributed by atoms with Gasteiger partial charge < -0.3 is 4.90 Å². The molecule has 1 fully saturated rings. The summed E-state index contributed by atoms with van der Waals surface area (Å²) in [5.74, 6) is -0.270. The SMILES string of the molecule is [CH2][C@H](C(=O)N1CCCC1)c1ccc(C#N)cc1. The van der Waals surface area contributed by atoms with Crippen molar-refractivity contribution in [1.29, 1.82) is 5.26 Å². The summed E-state index contributed by atoms with van der Waals surface area (Å²) in [6.07, 6.45) is 2.18. The highest BCUT2D eigenvalue weighted by atomic mass is 16.2. The molecule has 1 heterocycles. The molecule has 1 radical (unpaired) electrons. The second kappa shape index (κ2) is 5.01. The van der Waals surface area contributed by atoms with Crippen LogP contribution in [0.1, 0.15) is 29.9 Å². The number of carbonyl (C=O) groups is 1. The number of nitriles is 1. The van der Waals surface area contributed by atoms with Crippen molar-refractivity contribution < 1.29 is 4.79 Å². The second-order valence-electron chi connectivity index (χ2n) is 4.32. The number of amides is 1. The third-order valence-electron chi connectivity index (χ3n) is 3.16. The molecule has 87 valence electrons. The molecule has 1 saturated heterocycles. The van der Waals surface area contributed by atoms with E-state index in [1.165, 1.54) is 0 Å². The first-order chi connectivity index (χ1) is 8.22. The van der Waals surface area contributed by atoms with E-state index in [1.807, 2.05) is 17.0 Å². The Bertz CT molecular complexity index is 438. The van der Waals surface area contributed by atoms with Crippen LogP contribution in [0.3, 0.4) is 0 Å². The molecule has 0 spiro atoms. The first-order valence-corrected chi connectivity index (χ1v) is 5.84. The monoisotopic (exact) mass is 227 g/mol. The standard InChI is InChI=1S/C14H15N2O/c1-11(14(17)16-8-2-3-9-16)13-6-4-12(10-15)5-7-13/h4-7,11H,1-3,8-9H2/t11-/m0/s1. The van der Waals surface area contributed by atoms with E-state index < -0.39 is 0 Å². The van der Waals surface area contributed by atoms with Gasteiger partial charge in [0.2, 0.25) is 5.91 Å². The molecule has 0 N–H and O–H groups in total. The highest BCUT2D eigenvalue weighted by Gasteiger charge is 2.24. The van der Waals surface area contributed by atoms with E-state index in [2.05, 4.69) is 13.0 Å². The van der Waals surface area contributed by atoms with Crippen molar-refractivity contribution >= 4 is 5.91 Å². The summed E-state index contributed by atoms with van der Waals surface area (Å²) in [4.78, 5) is 14.0. The summed E-state index contributed by atoms with van der Waals surface area (Å²) in [7, 11) is 0. The minimum atomic E-state index is -0.360. The van der Waals surface area contributed by atoms with Crippen molar-refractivity contribution in [3.05, 3.63) is 42.3 Å². The highest BCUT2D eigenvalue weighted by Crippen LogP contribution is 2.20. The molecule has 3 nitrogen and oxygen atoms in total. The summed E-state index contributed by atoms with van der Waals surface area (Å²) in [6, 6.07) is 9.14. The molecular formula is C14H15N2O. The topological polar surface area (TPSA) is 44.1 Å². The van der Waals surface area contributed by atoms with Gasteiger partial charge in [-0.25, -0.2) is 0 Å². The van der Waals surface area contributed by atoms with E-state index in [0.29, 0.717) is 5.56 Å². The van der Waals surface area contributed by atoms with Crippen LogP contribution in [-0.4, -0.2) is 23.9 Å². The number of rotatable bonds is 2. The smallest absolute Gasteiger partial charge is 0.230 e. The van der Waals surface area contributed by atoms with Gasteiger partial charge in [-0.3, -0.25) is 4.79 Å². The van der Waals surface area contributed by atoms with Gasteiger partial charge in [0.15, 0.2) is 0 Å². The van der Waals surface area contributed by atoms with Crippen molar-refractivity contribution in [2.24, 2.45) is 0 Å². The van der Waals surface area contributed by atoms with Gasteiger partial charge in [0.25, 0.3) is 0 Å². The van der Waals surface area contributed by atoms with Gasteiger partial charge in [-0.1, -0.05) is 12.1 Å². The minimum absolute atomic E-state index is 0.0900. The quantitative estimate of drug-likeness (QED) is 0.776. The predicted octanol–water partition coefficient (Wildman–Crippen LogP) is 2.10. The zero-order valence-electron chi connectivity index (χ0n) is 9.72. The van der Waals surface area contributed by atoms with Gasteiger partial charge in [-0.2, -0.15) is 5.26 Å². The first kappa shape index (κ1) is 11.7. The van der Waals surface area contributed by atoms with E-state index in [0.717, 1.165) is 31.5 Å². The number of hydrogen-bond acceptors (Lipinski definition) is 2. The second-order valence-corrected chi connectivity index (χ2v) is 4.32. The molecule has 2 rings (SSSR count). The number of benzene rings is 1. The molecule has 3 heteroatoms. The lowest BCUT2D eigenvalue weighted by Crippen LogP contribution is -2.31. The summed E-state index contributed by atoms with van der Waals surface area (Å²) in [5, 5.41) is 8.71. The maximum Gasteiger partial charge on any atom is 0.230 e. The molecule has 1 amide bonds. The third kappa shape index (κ3) is 2.47. The van der Waals surface area contributed by atoms with Crippen LogP contribution in [0.2, 0.25) is 0 Å². The van der Waals surface area contributed by atoms with Crippen LogP contribution in [0.25, 0.3) is 0 Å². The molecule has 0 saturated carbocycles. The fourth-order valence-corrected chi connectivity index (χ4v) is 2.09. The molecular weight excluding hydrogens is 212 g/mol. The molecule has 0 aliphatic carbocycles. The summed E-state index contributed by atoms with van der Waals surface area (Å²) >= 11 is 0. The van der Waals surface area contributed by atoms with Gasteiger partial charge in [-0.15, -0.1) is 0 Å². The average Bonchev–Trinajstić information content (AvgIpc) is 2.91. The van der Waals surface area contributed by atoms with Crippen molar-refractivity contribution in [2.75, 3.05) is 13.1 Å². The summed E-state index contributed by atoms with van der Waals surface area (Å²) in [5.41, 5.74) is 1.48. The zero-order chi connectivity index (χ0) is 12.3. The lowest BCUT2D eigenvalue weighted by atomic mass is 9.99. The molecule has 1 aliphatic rings. The maximum atomic E-state index is 12.1. The Morgan fingerprint density at radius 1 is 1.29 bits per heavy atom. The normalized spacial score (nSPS) is 16.6. The lowest BCUT2D eigenvalue weighted by molar-refractivity contribution is -0.130. The largest absolute Gasteiger partial charge is 0.342 e. The van der Waals surface area contributed by atoms with E-state index in [4.69, 9.17) is 5.26 Å². The Kier molecular flexibility index (Phi) is 3.43. The van der Waals surface area contributed by atoms with E-state index in [-0.39, 0.29) is 11.8 Å². The zero-order valence-corrected chi connectivity index (χ0v) is 9.72. The predicted molar refractivity (Wildman–Crippen MR) is 65.1 cm³/mol. The molecule has 17 heavy (non-hydrogen) atoms. The van der Waals surface area contributed by atoms with Crippen molar-refractivity contribution in [2.45, 2.75) is 18.8 Å². The van der Waals surface area contributed by atoms with E-state index >= 15 is 0 Å². The van der Waals surface area contributed by atoms with Crippen molar-refractivity contribution in [1.82, 2.24) is 4.90 Å². The van der Waals surface area contributed by atoms with Gasteiger partial charge in [0.05, 0.1) is 17.6 Å². The van der Waals surface area contributed by atoms with Crippen molar-refractivity contribution in [3.8, 4) is 6.07 Å². The Hall–Kier alpha value is -1.82. The van der Waals surface area contributed by atoms with Crippen LogP contribution in [-0.2, 0) is 4.79 Å². The fraction of sp³-hybridized carbons (Fsp3) is 0.357. The maximum absolute atomic E-state index is 12.1. The van der Waals surface area contributed by atoms with Crippen molar-refractivity contribution in [3.63, 3.8) is 0 Å². The van der Waals surface area contributed by atoms with Crippen LogP contribution in [0.4, 0.5) is 0 Å². The minimum Gasteiger partial charge on any atom is -0.342 e. The van der Waals surface area contributed by atoms with E-state index in [1.54, 1.807) is 12.1 Å². The van der Waals surface area contributed by atoms with Gasteiger partial charge in [0, 0.05) is 13.1 Å². The third-order valence-corrected chi connectivity index (χ3v) is 3.16. The molecule has 1 atom stereocenters. The lowest BCUT2D eigenvalue weighted by Gasteiger charge is -2.20. The van der Waals surface area contributed by atoms with Gasteiger partial charge in [0.1, 0.15) is 0 Å². The average molecular weight is 227 g/mol. The van der Waals surface area contributed by atoms with Crippen LogP contribution in [0.15, 0.2) is 24.3 Å². The van der Waals surface area contributed by atoms with Crippen LogP contribution < -0.4 is 0 Å². The Balaban J connectivity index is 2.10. The molecule has 0 aromatic heterocycles. The number of carbonyl (C=O) groups excluding carboxylic acids is 1. The Morgan fingerprint density at radius 2 is 1.88 bits per heavy atom. The van der Waals surface area contributed by atoms with Gasteiger partial charge >= 0.3 is 0 Å². The van der Waals surface area contributed by atoms with Crippen LogP contribution in [0.5, 0.6) is 0 Å². The number of likely N-dealkylation sites (tertiary alicyclic amines) is 1. The first-order valence-electron chi connectivity index (χ1n) is 5.84. The van der Waals surface area contributed by atoms with Crippen LogP contribution in [0, 0.1) is 18.3 Å². The molecule has 1 aromatic rings. The van der Waals surface area contributed by atoms with Crippen LogP contribution >= 0.6 is 0 Å². The Labute approximate surface area is 102 Å².